The maximum absolute atomic E-state index is 13.0. The van der Waals surface area contributed by atoms with E-state index in [0.29, 0.717) is 0 Å². The van der Waals surface area contributed by atoms with Gasteiger partial charge in [-0.1, -0.05) is 66.2 Å². The quantitative estimate of drug-likeness (QED) is 0.587. The lowest BCUT2D eigenvalue weighted by molar-refractivity contribution is -0.159. The number of aliphatic carboxylic acids is 2. The highest BCUT2D eigenvalue weighted by Gasteiger charge is 2.23. The number of carboxylic acid groups (broad SMARTS) is 2. The molecule has 0 aromatic heterocycles. The third kappa shape index (κ3) is 5.84. The van der Waals surface area contributed by atoms with Crippen molar-refractivity contribution in [2.24, 2.45) is 0 Å². The summed E-state index contributed by atoms with van der Waals surface area (Å²) in [6, 6.07) is 22.0. The van der Waals surface area contributed by atoms with Crippen LogP contribution in [0.5, 0.6) is 0 Å². The van der Waals surface area contributed by atoms with Crippen LogP contribution in [0.1, 0.15) is 15.9 Å². The molecule has 1 fully saturated rings. The molecule has 2 N–H and O–H groups in total. The van der Waals surface area contributed by atoms with Gasteiger partial charge in [-0.3, -0.25) is 9.69 Å². The molecule has 0 spiro atoms. The largest absolute Gasteiger partial charge is 0.473 e. The molecule has 0 bridgehead atoms. The second kappa shape index (κ2) is 10.7. The minimum Gasteiger partial charge on any atom is -0.473 e. The zero-order valence-electron chi connectivity index (χ0n) is 17.3. The van der Waals surface area contributed by atoms with E-state index in [-0.39, 0.29) is 5.91 Å². The fourth-order valence-corrected chi connectivity index (χ4v) is 3.75. The molecule has 0 aliphatic carbocycles. The van der Waals surface area contributed by atoms with Gasteiger partial charge in [0.1, 0.15) is 0 Å². The van der Waals surface area contributed by atoms with Gasteiger partial charge in [-0.05, 0) is 28.5 Å². The predicted octanol–water partition coefficient (Wildman–Crippen LogP) is 3.61. The molecule has 8 heteroatoms. The van der Waals surface area contributed by atoms with E-state index in [1.165, 1.54) is 0 Å². The highest BCUT2D eigenvalue weighted by Crippen LogP contribution is 2.22. The van der Waals surface area contributed by atoms with E-state index in [2.05, 4.69) is 11.0 Å². The Bertz CT molecular complexity index is 1110. The third-order valence-electron chi connectivity index (χ3n) is 5.21. The number of halogens is 1. The van der Waals surface area contributed by atoms with Crippen molar-refractivity contribution >= 4 is 40.2 Å². The summed E-state index contributed by atoms with van der Waals surface area (Å²) in [6.07, 6.45) is 0. The number of carboxylic acids is 2. The van der Waals surface area contributed by atoms with Crippen LogP contribution in [0.15, 0.2) is 66.7 Å². The van der Waals surface area contributed by atoms with Crippen molar-refractivity contribution in [3.63, 3.8) is 0 Å². The van der Waals surface area contributed by atoms with Crippen molar-refractivity contribution in [3.8, 4) is 0 Å². The van der Waals surface area contributed by atoms with Gasteiger partial charge in [0.05, 0.1) is 0 Å². The normalized spacial score (nSPS) is 13.8. The fraction of sp³-hybridized carbons (Fsp3) is 0.208. The average molecular weight is 455 g/mol. The number of carbonyl (C=O) groups excluding carboxylic acids is 1. The summed E-state index contributed by atoms with van der Waals surface area (Å²) in [5, 5.41) is 17.7. The second-order valence-electron chi connectivity index (χ2n) is 7.30. The van der Waals surface area contributed by atoms with Gasteiger partial charge in [0.15, 0.2) is 0 Å². The molecule has 4 rings (SSSR count). The van der Waals surface area contributed by atoms with Crippen molar-refractivity contribution in [2.75, 3.05) is 26.2 Å². The molecule has 3 aromatic carbocycles. The molecule has 7 nitrogen and oxygen atoms in total. The van der Waals surface area contributed by atoms with Crippen LogP contribution in [0.2, 0.25) is 5.02 Å². The van der Waals surface area contributed by atoms with Crippen LogP contribution in [0.3, 0.4) is 0 Å². The average Bonchev–Trinajstić information content (AvgIpc) is 2.80. The second-order valence-corrected chi connectivity index (χ2v) is 7.70. The smallest absolute Gasteiger partial charge is 0.414 e. The third-order valence-corrected chi connectivity index (χ3v) is 5.58. The molecule has 0 radical (unpaired) electrons. The first-order chi connectivity index (χ1) is 15.4. The zero-order valence-corrected chi connectivity index (χ0v) is 18.0. The Morgan fingerprint density at radius 1 is 0.781 bits per heavy atom. The zero-order chi connectivity index (χ0) is 23.1. The lowest BCUT2D eigenvalue weighted by atomic mass is 10.0. The molecule has 166 valence electrons. The summed E-state index contributed by atoms with van der Waals surface area (Å²) in [5.74, 6) is -3.52. The SMILES string of the molecule is O=C(O)C(=O)O.O=C(c1cccc2ccccc12)N1CCN(Cc2ccccc2Cl)CC1. The number of carbonyl (C=O) groups is 3. The van der Waals surface area contributed by atoms with Gasteiger partial charge in [0.25, 0.3) is 5.91 Å². The number of rotatable bonds is 3. The van der Waals surface area contributed by atoms with E-state index in [0.717, 1.165) is 59.6 Å². The number of hydrogen-bond donors (Lipinski definition) is 2. The molecule has 0 unspecified atom stereocenters. The molecular weight excluding hydrogens is 432 g/mol. The van der Waals surface area contributed by atoms with E-state index in [9.17, 15) is 4.79 Å². The Labute approximate surface area is 190 Å². The minimum atomic E-state index is -1.82. The minimum absolute atomic E-state index is 0.124. The standard InChI is InChI=1S/C22H21ClN2O.C2H2O4/c23-21-11-4-2-7-18(21)16-24-12-14-25(15-13-24)22(26)20-10-5-8-17-6-1-3-9-19(17)20;3-1(4)2(5)6/h1-11H,12-16H2;(H,3,4)(H,5,6). The van der Waals surface area contributed by atoms with Gasteiger partial charge in [-0.25, -0.2) is 9.59 Å². The number of nitrogens with zero attached hydrogens (tertiary/aromatic N) is 2. The molecule has 32 heavy (non-hydrogen) atoms. The van der Waals surface area contributed by atoms with Gasteiger partial charge < -0.3 is 15.1 Å². The molecule has 0 atom stereocenters. The molecule has 1 aliphatic heterocycles. The Morgan fingerprint density at radius 3 is 2.03 bits per heavy atom. The molecule has 0 saturated carbocycles. The lowest BCUT2D eigenvalue weighted by Gasteiger charge is -2.35. The van der Waals surface area contributed by atoms with E-state index < -0.39 is 11.9 Å². The van der Waals surface area contributed by atoms with E-state index in [1.54, 1.807) is 0 Å². The summed E-state index contributed by atoms with van der Waals surface area (Å²) >= 11 is 6.27. The Balaban J connectivity index is 0.000000427. The number of fused-ring (bicyclic) bond motifs is 1. The van der Waals surface area contributed by atoms with Crippen LogP contribution in [0, 0.1) is 0 Å². The van der Waals surface area contributed by atoms with Crippen LogP contribution < -0.4 is 0 Å². The Kier molecular flexibility index (Phi) is 7.81. The van der Waals surface area contributed by atoms with Gasteiger partial charge in [-0.15, -0.1) is 0 Å². The number of amides is 1. The van der Waals surface area contributed by atoms with Gasteiger partial charge in [0, 0.05) is 43.3 Å². The maximum atomic E-state index is 13.0. The van der Waals surface area contributed by atoms with Crippen molar-refractivity contribution in [1.82, 2.24) is 9.80 Å². The van der Waals surface area contributed by atoms with Crippen LogP contribution >= 0.6 is 11.6 Å². The first-order valence-electron chi connectivity index (χ1n) is 10.1. The lowest BCUT2D eigenvalue weighted by Crippen LogP contribution is -2.48. The molecule has 1 saturated heterocycles. The fourth-order valence-electron chi connectivity index (χ4n) is 3.56. The van der Waals surface area contributed by atoms with E-state index >= 15 is 0 Å². The highest BCUT2D eigenvalue weighted by molar-refractivity contribution is 6.31. The number of hydrogen-bond acceptors (Lipinski definition) is 4. The molecular formula is C24H23ClN2O5. The van der Waals surface area contributed by atoms with Crippen LogP contribution in [0.4, 0.5) is 0 Å². The predicted molar refractivity (Wildman–Crippen MR) is 122 cm³/mol. The van der Waals surface area contributed by atoms with Gasteiger partial charge in [-0.2, -0.15) is 0 Å². The highest BCUT2D eigenvalue weighted by atomic mass is 35.5. The van der Waals surface area contributed by atoms with Crippen molar-refractivity contribution in [2.45, 2.75) is 6.54 Å². The summed E-state index contributed by atoms with van der Waals surface area (Å²) in [4.78, 5) is 35.5. The Morgan fingerprint density at radius 2 is 1.38 bits per heavy atom. The van der Waals surface area contributed by atoms with Crippen LogP contribution in [0.25, 0.3) is 10.8 Å². The van der Waals surface area contributed by atoms with Crippen molar-refractivity contribution < 1.29 is 24.6 Å². The van der Waals surface area contributed by atoms with E-state index in [1.807, 2.05) is 65.6 Å². The molecule has 1 amide bonds. The monoisotopic (exact) mass is 454 g/mol. The van der Waals surface area contributed by atoms with Gasteiger partial charge in [0.2, 0.25) is 0 Å². The van der Waals surface area contributed by atoms with Crippen molar-refractivity contribution in [3.05, 3.63) is 82.9 Å². The Hall–Kier alpha value is -3.42. The first kappa shape index (κ1) is 23.2. The summed E-state index contributed by atoms with van der Waals surface area (Å²) in [6.45, 7) is 4.04. The summed E-state index contributed by atoms with van der Waals surface area (Å²) in [5.41, 5.74) is 1.94. The van der Waals surface area contributed by atoms with E-state index in [4.69, 9.17) is 31.4 Å². The van der Waals surface area contributed by atoms with Crippen molar-refractivity contribution in [1.29, 1.82) is 0 Å². The van der Waals surface area contributed by atoms with Gasteiger partial charge >= 0.3 is 11.9 Å². The molecule has 1 aliphatic rings. The van der Waals surface area contributed by atoms with Crippen LogP contribution in [-0.2, 0) is 16.1 Å². The number of benzene rings is 3. The summed E-state index contributed by atoms with van der Waals surface area (Å²) < 4.78 is 0. The maximum Gasteiger partial charge on any atom is 0.414 e. The number of piperazine rings is 1. The summed E-state index contributed by atoms with van der Waals surface area (Å²) in [7, 11) is 0. The first-order valence-corrected chi connectivity index (χ1v) is 10.4. The van der Waals surface area contributed by atoms with Crippen LogP contribution in [-0.4, -0.2) is 64.0 Å². The molecule has 1 heterocycles. The molecule has 3 aromatic rings. The topological polar surface area (TPSA) is 98.1 Å².